The summed E-state index contributed by atoms with van der Waals surface area (Å²) in [4.78, 5) is 15.2. The lowest BCUT2D eigenvalue weighted by molar-refractivity contribution is -0.132. The molecular weight excluding hydrogens is 252 g/mol. The number of hydrogen-bond donors (Lipinski definition) is 1. The van der Waals surface area contributed by atoms with Crippen molar-refractivity contribution in [1.29, 1.82) is 0 Å². The first-order valence-electron chi connectivity index (χ1n) is 8.42. The van der Waals surface area contributed by atoms with Crippen LogP contribution < -0.4 is 5.32 Å². The highest BCUT2D eigenvalue weighted by Gasteiger charge is 2.46. The van der Waals surface area contributed by atoms with Gasteiger partial charge in [-0.05, 0) is 57.5 Å². The number of likely N-dealkylation sites (tertiary alicyclic amines) is 1. The Morgan fingerprint density at radius 2 is 1.95 bits per heavy atom. The summed E-state index contributed by atoms with van der Waals surface area (Å²) in [5.74, 6) is 0.956. The average molecular weight is 280 g/mol. The van der Waals surface area contributed by atoms with Crippen LogP contribution in [0.4, 0.5) is 0 Å². The first kappa shape index (κ1) is 14.3. The summed E-state index contributed by atoms with van der Waals surface area (Å²) >= 11 is 0. The molecule has 3 aliphatic rings. The van der Waals surface area contributed by atoms with E-state index in [0.717, 1.165) is 58.5 Å². The molecule has 0 radical (unpaired) electrons. The second-order valence-electron chi connectivity index (χ2n) is 6.71. The summed E-state index contributed by atoms with van der Waals surface area (Å²) in [5, 5.41) is 3.23. The normalized spacial score (nSPS) is 29.9. The lowest BCUT2D eigenvalue weighted by atomic mass is 9.93. The van der Waals surface area contributed by atoms with Crippen molar-refractivity contribution in [3.8, 4) is 0 Å². The summed E-state index contributed by atoms with van der Waals surface area (Å²) in [6.45, 7) is 4.83. The van der Waals surface area contributed by atoms with E-state index in [2.05, 4.69) is 10.2 Å². The number of carbonyl (C=O) groups is 1. The van der Waals surface area contributed by atoms with Crippen molar-refractivity contribution in [3.05, 3.63) is 0 Å². The zero-order chi connectivity index (χ0) is 13.8. The number of nitrogens with one attached hydrogen (secondary N) is 1. The Labute approximate surface area is 122 Å². The van der Waals surface area contributed by atoms with E-state index >= 15 is 0 Å². The van der Waals surface area contributed by atoms with Crippen LogP contribution in [0.5, 0.6) is 0 Å². The van der Waals surface area contributed by atoms with Crippen LogP contribution in [0.3, 0.4) is 0 Å². The molecule has 0 unspecified atom stereocenters. The molecule has 0 aromatic carbocycles. The van der Waals surface area contributed by atoms with Crippen LogP contribution >= 0.6 is 0 Å². The van der Waals surface area contributed by atoms with Crippen LogP contribution in [0.1, 0.15) is 51.4 Å². The van der Waals surface area contributed by atoms with E-state index in [1.807, 2.05) is 0 Å². The molecular formula is C16H28N2O2. The molecule has 2 saturated heterocycles. The molecule has 2 aliphatic heterocycles. The minimum absolute atomic E-state index is 0.164. The Morgan fingerprint density at radius 3 is 2.60 bits per heavy atom. The van der Waals surface area contributed by atoms with Gasteiger partial charge in [0.2, 0.25) is 5.91 Å². The van der Waals surface area contributed by atoms with Gasteiger partial charge in [-0.1, -0.05) is 12.8 Å². The topological polar surface area (TPSA) is 41.6 Å². The highest BCUT2D eigenvalue weighted by molar-refractivity contribution is 5.86. The Balaban J connectivity index is 1.52. The molecule has 0 aromatic rings. The second kappa shape index (κ2) is 6.44. The number of hydrogen-bond acceptors (Lipinski definition) is 3. The maximum Gasteiger partial charge on any atom is 0.240 e. The molecule has 2 heterocycles. The fraction of sp³-hybridized carbons (Fsp3) is 0.938. The number of ether oxygens (including phenoxy) is 1. The van der Waals surface area contributed by atoms with Crippen molar-refractivity contribution < 1.29 is 9.53 Å². The van der Waals surface area contributed by atoms with Crippen molar-refractivity contribution in [2.45, 2.75) is 56.9 Å². The van der Waals surface area contributed by atoms with Crippen LogP contribution in [-0.4, -0.2) is 49.2 Å². The van der Waals surface area contributed by atoms with Crippen LogP contribution in [0.25, 0.3) is 0 Å². The molecule has 3 rings (SSSR count). The lowest BCUT2D eigenvalue weighted by Crippen LogP contribution is -2.56. The van der Waals surface area contributed by atoms with E-state index in [4.69, 9.17) is 4.74 Å². The zero-order valence-electron chi connectivity index (χ0n) is 12.5. The quantitative estimate of drug-likeness (QED) is 0.837. The van der Waals surface area contributed by atoms with Gasteiger partial charge in [-0.25, -0.2) is 0 Å². The van der Waals surface area contributed by atoms with E-state index in [0.29, 0.717) is 11.8 Å². The largest absolute Gasteiger partial charge is 0.381 e. The Morgan fingerprint density at radius 1 is 1.20 bits per heavy atom. The predicted octanol–water partition coefficient (Wildman–Crippen LogP) is 1.94. The molecule has 0 spiro atoms. The van der Waals surface area contributed by atoms with Crippen LogP contribution in [-0.2, 0) is 9.53 Å². The molecule has 4 heteroatoms. The van der Waals surface area contributed by atoms with Crippen molar-refractivity contribution in [3.63, 3.8) is 0 Å². The van der Waals surface area contributed by atoms with Gasteiger partial charge >= 0.3 is 0 Å². The van der Waals surface area contributed by atoms with Gasteiger partial charge in [-0.15, -0.1) is 0 Å². The van der Waals surface area contributed by atoms with Crippen molar-refractivity contribution >= 4 is 5.91 Å². The molecule has 1 atom stereocenters. The van der Waals surface area contributed by atoms with Gasteiger partial charge in [-0.3, -0.25) is 9.69 Å². The third kappa shape index (κ3) is 2.86. The van der Waals surface area contributed by atoms with Crippen molar-refractivity contribution in [2.24, 2.45) is 5.92 Å². The van der Waals surface area contributed by atoms with Gasteiger partial charge in [0.05, 0.1) is 0 Å². The van der Waals surface area contributed by atoms with Crippen LogP contribution in [0.15, 0.2) is 0 Å². The number of carbonyl (C=O) groups excluding carboxylic acids is 1. The summed E-state index contributed by atoms with van der Waals surface area (Å²) in [6, 6.07) is 0. The minimum atomic E-state index is -0.164. The second-order valence-corrected chi connectivity index (χ2v) is 6.71. The molecule has 4 nitrogen and oxygen atoms in total. The SMILES string of the molecule is O=C(NCC[C@@H]1CCOC1)C1(N2CCCC2)CCCC1. The predicted molar refractivity (Wildman–Crippen MR) is 78.6 cm³/mol. The third-order valence-electron chi connectivity index (χ3n) is 5.43. The van der Waals surface area contributed by atoms with E-state index in [9.17, 15) is 4.79 Å². The molecule has 114 valence electrons. The standard InChI is InChI=1S/C16H28N2O2/c19-15(17-9-5-14-6-12-20-13-14)16(7-1-2-8-16)18-10-3-4-11-18/h14H,1-13H2,(H,17,19)/t14-/m1/s1. The van der Waals surface area contributed by atoms with E-state index in [1.54, 1.807) is 0 Å². The van der Waals surface area contributed by atoms with E-state index in [-0.39, 0.29) is 5.54 Å². The first-order chi connectivity index (χ1) is 9.81. The summed E-state index contributed by atoms with van der Waals surface area (Å²) in [6.07, 6.45) is 9.29. The lowest BCUT2D eigenvalue weighted by Gasteiger charge is -2.37. The maximum atomic E-state index is 12.7. The molecule has 0 aromatic heterocycles. The van der Waals surface area contributed by atoms with Gasteiger partial charge in [0.15, 0.2) is 0 Å². The number of rotatable bonds is 5. The third-order valence-corrected chi connectivity index (χ3v) is 5.43. The molecule has 0 bridgehead atoms. The van der Waals surface area contributed by atoms with E-state index < -0.39 is 0 Å². The molecule has 1 aliphatic carbocycles. The number of nitrogens with zero attached hydrogens (tertiary/aromatic N) is 1. The van der Waals surface area contributed by atoms with Crippen LogP contribution in [0, 0.1) is 5.92 Å². The highest BCUT2D eigenvalue weighted by Crippen LogP contribution is 2.37. The summed E-state index contributed by atoms with van der Waals surface area (Å²) in [5.41, 5.74) is -0.164. The molecule has 20 heavy (non-hydrogen) atoms. The Kier molecular flexibility index (Phi) is 4.61. The molecule has 1 amide bonds. The Hall–Kier alpha value is -0.610. The fourth-order valence-electron chi connectivity index (χ4n) is 4.16. The van der Waals surface area contributed by atoms with E-state index in [1.165, 1.54) is 25.7 Å². The fourth-order valence-corrected chi connectivity index (χ4v) is 4.16. The van der Waals surface area contributed by atoms with Gasteiger partial charge in [0, 0.05) is 19.8 Å². The smallest absolute Gasteiger partial charge is 0.240 e. The first-order valence-corrected chi connectivity index (χ1v) is 8.42. The molecule has 3 fully saturated rings. The van der Waals surface area contributed by atoms with Gasteiger partial charge in [0.1, 0.15) is 5.54 Å². The average Bonchev–Trinajstić information content (AvgIpc) is 3.20. The summed E-state index contributed by atoms with van der Waals surface area (Å²) < 4.78 is 5.39. The Bertz CT molecular complexity index is 327. The summed E-state index contributed by atoms with van der Waals surface area (Å²) in [7, 11) is 0. The van der Waals surface area contributed by atoms with Gasteiger partial charge in [0.25, 0.3) is 0 Å². The van der Waals surface area contributed by atoms with Crippen LogP contribution in [0.2, 0.25) is 0 Å². The number of amides is 1. The zero-order valence-corrected chi connectivity index (χ0v) is 12.5. The van der Waals surface area contributed by atoms with Gasteiger partial charge < -0.3 is 10.1 Å². The maximum absolute atomic E-state index is 12.7. The molecule has 1 saturated carbocycles. The van der Waals surface area contributed by atoms with Gasteiger partial charge in [-0.2, -0.15) is 0 Å². The monoisotopic (exact) mass is 280 g/mol. The highest BCUT2D eigenvalue weighted by atomic mass is 16.5. The minimum Gasteiger partial charge on any atom is -0.381 e. The van der Waals surface area contributed by atoms with Crippen molar-refractivity contribution in [2.75, 3.05) is 32.8 Å². The molecule has 1 N–H and O–H groups in total. The van der Waals surface area contributed by atoms with Crippen molar-refractivity contribution in [1.82, 2.24) is 10.2 Å².